The van der Waals surface area contributed by atoms with Gasteiger partial charge in [-0.05, 0) is 35.8 Å². The number of hydrogen-bond donors (Lipinski definition) is 3. The summed E-state index contributed by atoms with van der Waals surface area (Å²) in [5, 5.41) is 8.73. The maximum atomic E-state index is 10.6. The fourth-order valence-corrected chi connectivity index (χ4v) is 3.18. The van der Waals surface area contributed by atoms with Crippen LogP contribution in [0, 0.1) is 0 Å². The summed E-state index contributed by atoms with van der Waals surface area (Å²) in [5.74, 6) is 0.253. The molecule has 2 unspecified atom stereocenters. The maximum Gasteiger partial charge on any atom is 0.304 e. The average Bonchev–Trinajstić information content (AvgIpc) is 2.36. The van der Waals surface area contributed by atoms with Gasteiger partial charge in [0.15, 0.2) is 0 Å². The Labute approximate surface area is 111 Å². The lowest BCUT2D eigenvalue weighted by molar-refractivity contribution is -0.137. The van der Waals surface area contributed by atoms with Gasteiger partial charge in [-0.2, -0.15) is 0 Å². The van der Waals surface area contributed by atoms with E-state index in [1.54, 1.807) is 0 Å². The van der Waals surface area contributed by atoms with Gasteiger partial charge >= 0.3 is 5.97 Å². The van der Waals surface area contributed by atoms with Crippen LogP contribution in [0.3, 0.4) is 0 Å². The molecule has 0 saturated carbocycles. The molecule has 0 amide bonds. The van der Waals surface area contributed by atoms with Gasteiger partial charge in [-0.1, -0.05) is 12.1 Å². The number of carbonyl (C=O) groups is 1. The van der Waals surface area contributed by atoms with Crippen molar-refractivity contribution in [3.05, 3.63) is 29.3 Å². The second-order valence-corrected chi connectivity index (χ2v) is 5.74. The van der Waals surface area contributed by atoms with Gasteiger partial charge in [0.05, 0.1) is 6.42 Å². The van der Waals surface area contributed by atoms with Crippen LogP contribution in [0.25, 0.3) is 0 Å². The first-order valence-corrected chi connectivity index (χ1v) is 7.05. The largest absolute Gasteiger partial charge is 0.481 e. The molecule has 5 heteroatoms. The Balaban J connectivity index is 2.15. The fraction of sp³-hybridized carbons (Fsp3) is 0.462. The first-order valence-electron chi connectivity index (χ1n) is 6.06. The minimum atomic E-state index is -0.911. The summed E-state index contributed by atoms with van der Waals surface area (Å²) < 4.78 is 0. The van der Waals surface area contributed by atoms with Crippen LogP contribution in [0.2, 0.25) is 0 Å². The summed E-state index contributed by atoms with van der Waals surface area (Å²) in [7, 11) is 0. The van der Waals surface area contributed by atoms with Crippen molar-refractivity contribution in [1.82, 2.24) is 0 Å². The van der Waals surface area contributed by atoms with E-state index in [0.717, 1.165) is 17.7 Å². The normalized spacial score (nSPS) is 17.9. The Hall–Kier alpha value is -1.04. The Morgan fingerprint density at radius 1 is 1.44 bits per heavy atom. The topological polar surface area (TPSA) is 89.3 Å². The second kappa shape index (κ2) is 5.73. The summed E-state index contributed by atoms with van der Waals surface area (Å²) >= 11 is 1.86. The lowest BCUT2D eigenvalue weighted by atomic mass is 9.96. The van der Waals surface area contributed by atoms with Crippen molar-refractivity contribution < 1.29 is 9.90 Å². The number of fused-ring (bicyclic) bond motifs is 1. The number of thioether (sulfide) groups is 1. The number of carboxylic acids is 1. The maximum absolute atomic E-state index is 10.6. The zero-order valence-electron chi connectivity index (χ0n) is 10.1. The molecule has 18 heavy (non-hydrogen) atoms. The minimum Gasteiger partial charge on any atom is -0.481 e. The molecule has 4 nitrogen and oxygen atoms in total. The molecule has 1 heterocycles. The van der Waals surface area contributed by atoms with E-state index >= 15 is 0 Å². The Morgan fingerprint density at radius 2 is 2.22 bits per heavy atom. The predicted molar refractivity (Wildman–Crippen MR) is 72.6 cm³/mol. The van der Waals surface area contributed by atoms with Crippen molar-refractivity contribution in [2.24, 2.45) is 11.5 Å². The van der Waals surface area contributed by atoms with Gasteiger partial charge < -0.3 is 16.6 Å². The summed E-state index contributed by atoms with van der Waals surface area (Å²) in [6.45, 7) is 0. The van der Waals surface area contributed by atoms with Gasteiger partial charge in [0, 0.05) is 17.0 Å². The Morgan fingerprint density at radius 3 is 2.94 bits per heavy atom. The van der Waals surface area contributed by atoms with Gasteiger partial charge in [0.25, 0.3) is 0 Å². The van der Waals surface area contributed by atoms with Gasteiger partial charge in [-0.25, -0.2) is 0 Å². The van der Waals surface area contributed by atoms with E-state index in [4.69, 9.17) is 16.6 Å². The van der Waals surface area contributed by atoms with E-state index in [0.29, 0.717) is 0 Å². The highest BCUT2D eigenvalue weighted by atomic mass is 32.2. The highest BCUT2D eigenvalue weighted by Gasteiger charge is 2.20. The number of aryl methyl sites for hydroxylation is 1. The molecular weight excluding hydrogens is 248 g/mol. The van der Waals surface area contributed by atoms with E-state index in [-0.39, 0.29) is 6.42 Å². The van der Waals surface area contributed by atoms with Gasteiger partial charge in [-0.15, -0.1) is 11.8 Å². The molecule has 5 N–H and O–H groups in total. The first-order chi connectivity index (χ1) is 8.58. The quantitative estimate of drug-likeness (QED) is 0.769. The first kappa shape index (κ1) is 13.4. The summed E-state index contributed by atoms with van der Waals surface area (Å²) in [6, 6.07) is 5.15. The molecule has 0 fully saturated rings. The number of hydrogen-bond acceptors (Lipinski definition) is 4. The van der Waals surface area contributed by atoms with Crippen molar-refractivity contribution >= 4 is 17.7 Å². The van der Waals surface area contributed by atoms with Crippen molar-refractivity contribution in [3.63, 3.8) is 0 Å². The molecule has 98 valence electrons. The summed E-state index contributed by atoms with van der Waals surface area (Å²) in [6.07, 6.45) is 2.14. The molecule has 0 aromatic heterocycles. The second-order valence-electron chi connectivity index (χ2n) is 4.61. The van der Waals surface area contributed by atoms with E-state index in [2.05, 4.69) is 12.1 Å². The molecule has 2 atom stereocenters. The smallest absolute Gasteiger partial charge is 0.304 e. The molecule has 1 aromatic carbocycles. The third-order valence-electron chi connectivity index (χ3n) is 3.19. The molecule has 0 radical (unpaired) electrons. The number of rotatable bonds is 4. The van der Waals surface area contributed by atoms with Crippen molar-refractivity contribution in [3.8, 4) is 0 Å². The molecule has 0 bridgehead atoms. The lowest BCUT2D eigenvalue weighted by Crippen LogP contribution is -2.36. The zero-order valence-corrected chi connectivity index (χ0v) is 11.0. The fourth-order valence-electron chi connectivity index (χ4n) is 2.16. The Bertz CT molecular complexity index is 451. The number of carboxylic acid groups (broad SMARTS) is 1. The average molecular weight is 266 g/mol. The van der Waals surface area contributed by atoms with Crippen LogP contribution in [0.4, 0.5) is 0 Å². The van der Waals surface area contributed by atoms with Gasteiger partial charge in [0.1, 0.15) is 0 Å². The molecule has 2 rings (SSSR count). The summed E-state index contributed by atoms with van der Waals surface area (Å²) in [5.41, 5.74) is 14.1. The summed E-state index contributed by atoms with van der Waals surface area (Å²) in [4.78, 5) is 11.9. The molecule has 1 aromatic rings. The van der Waals surface area contributed by atoms with Crippen LogP contribution in [-0.2, 0) is 11.2 Å². The van der Waals surface area contributed by atoms with Crippen molar-refractivity contribution in [2.75, 3.05) is 5.75 Å². The van der Waals surface area contributed by atoms with Gasteiger partial charge in [0.2, 0.25) is 0 Å². The number of aliphatic carboxylic acids is 1. The number of nitrogens with two attached hydrogens (primary N) is 2. The van der Waals surface area contributed by atoms with Crippen molar-refractivity contribution in [2.45, 2.75) is 36.2 Å². The molecular formula is C13H18N2O2S. The van der Waals surface area contributed by atoms with Crippen LogP contribution in [0.15, 0.2) is 23.1 Å². The molecule has 0 aliphatic carbocycles. The monoisotopic (exact) mass is 266 g/mol. The van der Waals surface area contributed by atoms with E-state index < -0.39 is 18.1 Å². The SMILES string of the molecule is NC(CC(=O)O)C(N)c1ccc2c(c1)CCCS2. The highest BCUT2D eigenvalue weighted by molar-refractivity contribution is 7.99. The van der Waals surface area contributed by atoms with Crippen molar-refractivity contribution in [1.29, 1.82) is 0 Å². The number of benzene rings is 1. The van der Waals surface area contributed by atoms with Crippen LogP contribution in [0.1, 0.15) is 30.0 Å². The van der Waals surface area contributed by atoms with Gasteiger partial charge in [-0.3, -0.25) is 4.79 Å². The van der Waals surface area contributed by atoms with E-state index in [1.165, 1.54) is 16.9 Å². The highest BCUT2D eigenvalue weighted by Crippen LogP contribution is 2.31. The third-order valence-corrected chi connectivity index (χ3v) is 4.39. The van der Waals surface area contributed by atoms with Crippen LogP contribution < -0.4 is 11.5 Å². The zero-order chi connectivity index (χ0) is 13.1. The minimum absolute atomic E-state index is 0.104. The third kappa shape index (κ3) is 3.04. The molecule has 0 spiro atoms. The van der Waals surface area contributed by atoms with E-state index in [9.17, 15) is 4.79 Å². The Kier molecular flexibility index (Phi) is 4.27. The van der Waals surface area contributed by atoms with Crippen LogP contribution >= 0.6 is 11.8 Å². The van der Waals surface area contributed by atoms with E-state index in [1.807, 2.05) is 17.8 Å². The lowest BCUT2D eigenvalue weighted by Gasteiger charge is -2.22. The standard InChI is InChI=1S/C13H18N2O2S/c14-10(7-12(16)17)13(15)9-3-4-11-8(6-9)2-1-5-18-11/h3-4,6,10,13H,1-2,5,7,14-15H2,(H,16,17). The van der Waals surface area contributed by atoms with Crippen LogP contribution in [-0.4, -0.2) is 22.9 Å². The predicted octanol–water partition coefficient (Wildman–Crippen LogP) is 1.53. The molecule has 1 aliphatic rings. The molecule has 0 saturated heterocycles. The van der Waals surface area contributed by atoms with Crippen LogP contribution in [0.5, 0.6) is 0 Å². The molecule has 1 aliphatic heterocycles.